The molecule has 0 spiro atoms. The Labute approximate surface area is 188 Å². The Hall–Kier alpha value is -3.45. The number of nitrogens with zero attached hydrogens (tertiary/aromatic N) is 3. The Bertz CT molecular complexity index is 1080. The Balaban J connectivity index is 1.63. The van der Waals surface area contributed by atoms with Gasteiger partial charge in [0.05, 0.1) is 12.2 Å². The van der Waals surface area contributed by atoms with E-state index in [0.29, 0.717) is 31.8 Å². The first-order valence-electron chi connectivity index (χ1n) is 10.8. The van der Waals surface area contributed by atoms with Gasteiger partial charge in [-0.2, -0.15) is 5.10 Å². The van der Waals surface area contributed by atoms with Gasteiger partial charge >= 0.3 is 0 Å². The molecule has 0 fully saturated rings. The van der Waals surface area contributed by atoms with E-state index in [0.717, 1.165) is 16.8 Å². The van der Waals surface area contributed by atoms with E-state index in [1.165, 1.54) is 0 Å². The van der Waals surface area contributed by atoms with Crippen LogP contribution >= 0.6 is 0 Å². The van der Waals surface area contributed by atoms with Crippen molar-refractivity contribution in [1.29, 1.82) is 0 Å². The molecule has 2 aromatic carbocycles. The van der Waals surface area contributed by atoms with Crippen LogP contribution in [-0.4, -0.2) is 52.3 Å². The van der Waals surface area contributed by atoms with Crippen LogP contribution in [0.1, 0.15) is 29.4 Å². The average Bonchev–Trinajstić information content (AvgIpc) is 3.25. The zero-order valence-electron chi connectivity index (χ0n) is 18.5. The largest absolute Gasteiger partial charge is 0.385 e. The molecule has 166 valence electrons. The molecule has 0 bridgehead atoms. The van der Waals surface area contributed by atoms with Gasteiger partial charge in [0.15, 0.2) is 0 Å². The van der Waals surface area contributed by atoms with Crippen LogP contribution in [0.15, 0.2) is 66.7 Å². The number of hydrogen-bond acceptors (Lipinski definition) is 4. The van der Waals surface area contributed by atoms with Crippen LogP contribution in [0.25, 0.3) is 11.3 Å². The monoisotopic (exact) mass is 432 g/mol. The van der Waals surface area contributed by atoms with Gasteiger partial charge < -0.3 is 15.0 Å². The van der Waals surface area contributed by atoms with Crippen molar-refractivity contribution in [2.75, 3.05) is 20.3 Å². The Morgan fingerprint density at radius 3 is 2.50 bits per heavy atom. The minimum Gasteiger partial charge on any atom is -0.385 e. The Morgan fingerprint density at radius 1 is 1.12 bits per heavy atom. The van der Waals surface area contributed by atoms with Gasteiger partial charge in [-0.05, 0) is 25.0 Å². The molecule has 1 aliphatic rings. The lowest BCUT2D eigenvalue weighted by molar-refractivity contribution is -0.133. The lowest BCUT2D eigenvalue weighted by Gasteiger charge is -2.43. The number of amides is 2. The number of ether oxygens (including phenoxy) is 1. The molecule has 7 heteroatoms. The second kappa shape index (κ2) is 9.36. The van der Waals surface area contributed by atoms with E-state index >= 15 is 0 Å². The molecule has 1 aliphatic heterocycles. The SMILES string of the molecule is COCCCN1C(=O)c2cc(-c3ccccc3)nn2C[C@@]1(C)C(=O)NCc1ccccc1. The highest BCUT2D eigenvalue weighted by Crippen LogP contribution is 2.30. The number of carbonyl (C=O) groups excluding carboxylic acids is 2. The zero-order chi connectivity index (χ0) is 22.6. The molecule has 7 nitrogen and oxygen atoms in total. The molecule has 1 aromatic heterocycles. The van der Waals surface area contributed by atoms with Gasteiger partial charge in [-0.25, -0.2) is 0 Å². The molecular weight excluding hydrogens is 404 g/mol. The van der Waals surface area contributed by atoms with Crippen molar-refractivity contribution in [3.8, 4) is 11.3 Å². The molecule has 2 heterocycles. The summed E-state index contributed by atoms with van der Waals surface area (Å²) >= 11 is 0. The number of nitrogens with one attached hydrogen (secondary N) is 1. The van der Waals surface area contributed by atoms with Gasteiger partial charge in [0.1, 0.15) is 11.2 Å². The molecule has 1 N–H and O–H groups in total. The predicted molar refractivity (Wildman–Crippen MR) is 122 cm³/mol. The molecule has 4 rings (SSSR count). The lowest BCUT2D eigenvalue weighted by Crippen LogP contribution is -2.64. The van der Waals surface area contributed by atoms with Crippen molar-refractivity contribution in [2.24, 2.45) is 0 Å². The second-order valence-electron chi connectivity index (χ2n) is 8.18. The van der Waals surface area contributed by atoms with Gasteiger partial charge in [-0.3, -0.25) is 14.3 Å². The van der Waals surface area contributed by atoms with E-state index in [2.05, 4.69) is 10.4 Å². The number of benzene rings is 2. The summed E-state index contributed by atoms with van der Waals surface area (Å²) < 4.78 is 6.84. The fraction of sp³-hybridized carbons (Fsp3) is 0.320. The summed E-state index contributed by atoms with van der Waals surface area (Å²) in [5, 5.41) is 7.68. The summed E-state index contributed by atoms with van der Waals surface area (Å²) in [6.07, 6.45) is 0.642. The topological polar surface area (TPSA) is 76.5 Å². The lowest BCUT2D eigenvalue weighted by atomic mass is 9.94. The van der Waals surface area contributed by atoms with E-state index in [9.17, 15) is 9.59 Å². The molecule has 1 atom stereocenters. The summed E-state index contributed by atoms with van der Waals surface area (Å²) in [6, 6.07) is 21.3. The van der Waals surface area contributed by atoms with Crippen molar-refractivity contribution in [1.82, 2.24) is 20.0 Å². The van der Waals surface area contributed by atoms with Gasteiger partial charge in [0.25, 0.3) is 5.91 Å². The highest BCUT2D eigenvalue weighted by atomic mass is 16.5. The molecule has 2 amide bonds. The van der Waals surface area contributed by atoms with Crippen molar-refractivity contribution in [3.63, 3.8) is 0 Å². The molecule has 3 aromatic rings. The van der Waals surface area contributed by atoms with Crippen molar-refractivity contribution in [3.05, 3.63) is 78.0 Å². The maximum atomic E-state index is 13.5. The normalized spacial score (nSPS) is 17.8. The zero-order valence-corrected chi connectivity index (χ0v) is 18.5. The van der Waals surface area contributed by atoms with E-state index in [4.69, 9.17) is 4.74 Å². The molecular formula is C25H28N4O3. The fourth-order valence-corrected chi connectivity index (χ4v) is 4.08. The van der Waals surface area contributed by atoms with Crippen molar-refractivity contribution < 1.29 is 14.3 Å². The quantitative estimate of drug-likeness (QED) is 0.555. The predicted octanol–water partition coefficient (Wildman–Crippen LogP) is 3.12. The first-order chi connectivity index (χ1) is 15.5. The summed E-state index contributed by atoms with van der Waals surface area (Å²) in [5.74, 6) is -0.395. The molecule has 0 aliphatic carbocycles. The van der Waals surface area contributed by atoms with Crippen molar-refractivity contribution >= 4 is 11.8 Å². The van der Waals surface area contributed by atoms with Gasteiger partial charge in [-0.15, -0.1) is 0 Å². The number of methoxy groups -OCH3 is 1. The van der Waals surface area contributed by atoms with Gasteiger partial charge in [0, 0.05) is 32.4 Å². The third kappa shape index (κ3) is 4.29. The number of carbonyl (C=O) groups is 2. The first-order valence-corrected chi connectivity index (χ1v) is 10.8. The number of fused-ring (bicyclic) bond motifs is 1. The van der Waals surface area contributed by atoms with Crippen LogP contribution in [-0.2, 0) is 22.6 Å². The highest BCUT2D eigenvalue weighted by molar-refractivity contribution is 6.00. The van der Waals surface area contributed by atoms with Crippen LogP contribution in [0.4, 0.5) is 0 Å². The maximum Gasteiger partial charge on any atom is 0.273 e. The third-order valence-corrected chi connectivity index (χ3v) is 5.88. The van der Waals surface area contributed by atoms with Crippen LogP contribution in [0, 0.1) is 0 Å². The first kappa shape index (κ1) is 21.8. The highest BCUT2D eigenvalue weighted by Gasteiger charge is 2.47. The van der Waals surface area contributed by atoms with Gasteiger partial charge in [-0.1, -0.05) is 60.7 Å². The van der Waals surface area contributed by atoms with E-state index in [1.54, 1.807) is 16.7 Å². The summed E-state index contributed by atoms with van der Waals surface area (Å²) in [4.78, 5) is 28.6. The van der Waals surface area contributed by atoms with Crippen LogP contribution < -0.4 is 5.32 Å². The Morgan fingerprint density at radius 2 is 1.81 bits per heavy atom. The number of rotatable bonds is 8. The number of hydrogen-bond donors (Lipinski definition) is 1. The standard InChI is InChI=1S/C25H28N4O3/c1-25(24(31)26-17-19-10-5-3-6-11-19)18-29-22(23(30)28(25)14-9-15-32-2)16-21(27-29)20-12-7-4-8-13-20/h3-8,10-13,16H,9,14-15,17-18H2,1-2H3,(H,26,31)/t25-/m0/s1. The summed E-state index contributed by atoms with van der Waals surface area (Å²) in [7, 11) is 1.63. The molecule has 0 saturated heterocycles. The van der Waals surface area contributed by atoms with E-state index < -0.39 is 5.54 Å². The van der Waals surface area contributed by atoms with E-state index in [-0.39, 0.29) is 18.4 Å². The molecule has 0 unspecified atom stereocenters. The fourth-order valence-electron chi connectivity index (χ4n) is 4.08. The smallest absolute Gasteiger partial charge is 0.273 e. The maximum absolute atomic E-state index is 13.5. The molecule has 0 radical (unpaired) electrons. The summed E-state index contributed by atoms with van der Waals surface area (Å²) in [5.41, 5.74) is 2.09. The van der Waals surface area contributed by atoms with Crippen LogP contribution in [0.5, 0.6) is 0 Å². The minimum atomic E-state index is -1.06. The van der Waals surface area contributed by atoms with Crippen LogP contribution in [0.2, 0.25) is 0 Å². The van der Waals surface area contributed by atoms with Crippen LogP contribution in [0.3, 0.4) is 0 Å². The Kier molecular flexibility index (Phi) is 6.37. The van der Waals surface area contributed by atoms with Gasteiger partial charge in [0.2, 0.25) is 5.91 Å². The van der Waals surface area contributed by atoms with E-state index in [1.807, 2.05) is 73.7 Å². The van der Waals surface area contributed by atoms with Crippen molar-refractivity contribution in [2.45, 2.75) is 32.0 Å². The molecule has 0 saturated carbocycles. The minimum absolute atomic E-state index is 0.195. The molecule has 32 heavy (non-hydrogen) atoms. The second-order valence-corrected chi connectivity index (χ2v) is 8.18. The third-order valence-electron chi connectivity index (χ3n) is 5.88. The average molecular weight is 433 g/mol. The number of aromatic nitrogens is 2. The summed E-state index contributed by atoms with van der Waals surface area (Å²) in [6.45, 7) is 3.43.